The van der Waals surface area contributed by atoms with Crippen molar-refractivity contribution < 1.29 is 4.74 Å². The van der Waals surface area contributed by atoms with Crippen LogP contribution >= 0.6 is 0 Å². The number of hydrogen-bond donors (Lipinski definition) is 0. The molecule has 0 saturated heterocycles. The summed E-state index contributed by atoms with van der Waals surface area (Å²) in [6.45, 7) is 27.1. The quantitative estimate of drug-likeness (QED) is 0.345. The molecule has 0 aliphatic rings. The van der Waals surface area contributed by atoms with Gasteiger partial charge >= 0.3 is 0 Å². The highest BCUT2D eigenvalue weighted by atomic mass is 16.5. The van der Waals surface area contributed by atoms with Crippen molar-refractivity contribution in [1.29, 1.82) is 0 Å². The molecule has 0 bridgehead atoms. The van der Waals surface area contributed by atoms with Crippen LogP contribution in [0.5, 0.6) is 5.75 Å². The van der Waals surface area contributed by atoms with Crippen molar-refractivity contribution in [3.63, 3.8) is 0 Å². The molecule has 0 fully saturated rings. The van der Waals surface area contributed by atoms with Crippen LogP contribution in [0, 0.1) is 11.3 Å². The van der Waals surface area contributed by atoms with Gasteiger partial charge in [0.25, 0.3) is 0 Å². The molecule has 1 nitrogen and oxygen atoms in total. The zero-order chi connectivity index (χ0) is 23.6. The summed E-state index contributed by atoms with van der Waals surface area (Å²) in [4.78, 5) is 0. The van der Waals surface area contributed by atoms with E-state index in [1.807, 2.05) is 0 Å². The highest BCUT2D eigenvalue weighted by Crippen LogP contribution is 2.38. The molecular weight excluding hydrogens is 364 g/mol. The summed E-state index contributed by atoms with van der Waals surface area (Å²) in [5.74, 6) is 2.55. The Morgan fingerprint density at radius 3 is 1.63 bits per heavy atom. The Kier molecular flexibility index (Phi) is 18.7. The summed E-state index contributed by atoms with van der Waals surface area (Å²) in [5, 5.41) is 0. The standard InChI is InChI=1S/C18H30O.C7H16.C4H6/c1-7-9-14(3)19-16-12-10-15(11-13-16)17(8-2)18(4,5)6;1-4-6-7(3)5-2;1-3-4-2/h10-14,17H,7-9H2,1-6H3;7H,4-6H2,1-3H3;3-4H,1-2H2. The van der Waals surface area contributed by atoms with E-state index >= 15 is 0 Å². The molecule has 1 aromatic carbocycles. The predicted molar refractivity (Wildman–Crippen MR) is 139 cm³/mol. The van der Waals surface area contributed by atoms with Crippen LogP contribution in [0.25, 0.3) is 0 Å². The van der Waals surface area contributed by atoms with Gasteiger partial charge in [-0.1, -0.05) is 119 Å². The molecule has 174 valence electrons. The van der Waals surface area contributed by atoms with E-state index in [4.69, 9.17) is 4.74 Å². The lowest BCUT2D eigenvalue weighted by molar-refractivity contribution is 0.209. The number of hydrogen-bond acceptors (Lipinski definition) is 1. The SMILES string of the molecule is C=CC=C.CCCC(C)CC.CCCC(C)Oc1ccc(C(CC)C(C)(C)C)cc1. The number of ether oxygens (including phenoxy) is 1. The van der Waals surface area contributed by atoms with Crippen molar-refractivity contribution >= 4 is 0 Å². The van der Waals surface area contributed by atoms with Gasteiger partial charge in [0.1, 0.15) is 5.75 Å². The van der Waals surface area contributed by atoms with E-state index in [2.05, 4.69) is 99.7 Å². The molecule has 0 N–H and O–H groups in total. The van der Waals surface area contributed by atoms with Crippen LogP contribution in [0.4, 0.5) is 0 Å². The molecule has 0 aromatic heterocycles. The zero-order valence-electron chi connectivity index (χ0n) is 21.8. The Labute approximate surface area is 190 Å². The minimum absolute atomic E-state index is 0.306. The second-order valence-corrected chi connectivity index (χ2v) is 9.39. The largest absolute Gasteiger partial charge is 0.491 e. The Morgan fingerprint density at radius 1 is 0.833 bits per heavy atom. The summed E-state index contributed by atoms with van der Waals surface area (Å²) in [6.07, 6.45) is 11.1. The molecule has 0 spiro atoms. The maximum atomic E-state index is 5.91. The zero-order valence-corrected chi connectivity index (χ0v) is 21.8. The first kappa shape index (κ1) is 30.7. The molecule has 30 heavy (non-hydrogen) atoms. The van der Waals surface area contributed by atoms with Crippen molar-refractivity contribution in [2.24, 2.45) is 11.3 Å². The van der Waals surface area contributed by atoms with Gasteiger partial charge in [-0.3, -0.25) is 0 Å². The minimum atomic E-state index is 0.306. The summed E-state index contributed by atoms with van der Waals surface area (Å²) in [5.41, 5.74) is 1.73. The van der Waals surface area contributed by atoms with Gasteiger partial charge in [0.2, 0.25) is 0 Å². The molecule has 0 amide bonds. The third-order valence-electron chi connectivity index (χ3n) is 5.41. The minimum Gasteiger partial charge on any atom is -0.491 e. The fourth-order valence-corrected chi connectivity index (χ4v) is 3.52. The Balaban J connectivity index is 0. The lowest BCUT2D eigenvalue weighted by Gasteiger charge is -2.30. The molecule has 1 heteroatoms. The molecule has 3 atom stereocenters. The van der Waals surface area contributed by atoms with Crippen molar-refractivity contribution in [2.75, 3.05) is 0 Å². The Morgan fingerprint density at radius 2 is 1.33 bits per heavy atom. The normalized spacial score (nSPS) is 13.5. The van der Waals surface area contributed by atoms with E-state index in [1.165, 1.54) is 37.7 Å². The van der Waals surface area contributed by atoms with Gasteiger partial charge < -0.3 is 4.74 Å². The average Bonchev–Trinajstić information content (AvgIpc) is 2.70. The smallest absolute Gasteiger partial charge is 0.119 e. The molecule has 1 aromatic rings. The van der Waals surface area contributed by atoms with Crippen molar-refractivity contribution in [2.45, 2.75) is 113 Å². The lowest BCUT2D eigenvalue weighted by atomic mass is 9.75. The Hall–Kier alpha value is -1.50. The van der Waals surface area contributed by atoms with E-state index in [0.29, 0.717) is 17.4 Å². The average molecular weight is 417 g/mol. The maximum Gasteiger partial charge on any atom is 0.119 e. The molecule has 0 heterocycles. The molecule has 3 unspecified atom stereocenters. The first-order valence-electron chi connectivity index (χ1n) is 12.1. The highest BCUT2D eigenvalue weighted by Gasteiger charge is 2.24. The summed E-state index contributed by atoms with van der Waals surface area (Å²) in [7, 11) is 0. The molecule has 0 saturated carbocycles. The third kappa shape index (κ3) is 15.4. The van der Waals surface area contributed by atoms with E-state index < -0.39 is 0 Å². The summed E-state index contributed by atoms with van der Waals surface area (Å²) < 4.78 is 5.91. The molecule has 1 rings (SSSR count). The van der Waals surface area contributed by atoms with Gasteiger partial charge in [-0.05, 0) is 54.7 Å². The van der Waals surface area contributed by atoms with Gasteiger partial charge in [-0.25, -0.2) is 0 Å². The molecule has 0 aliphatic carbocycles. The number of allylic oxidation sites excluding steroid dienone is 2. The van der Waals surface area contributed by atoms with Crippen molar-refractivity contribution in [3.8, 4) is 5.75 Å². The number of rotatable bonds is 10. The van der Waals surface area contributed by atoms with Crippen LogP contribution in [0.15, 0.2) is 49.6 Å². The summed E-state index contributed by atoms with van der Waals surface area (Å²) >= 11 is 0. The van der Waals surface area contributed by atoms with Crippen molar-refractivity contribution in [3.05, 3.63) is 55.1 Å². The van der Waals surface area contributed by atoms with Crippen LogP contribution in [0.1, 0.15) is 112 Å². The van der Waals surface area contributed by atoms with E-state index in [1.54, 1.807) is 12.2 Å². The van der Waals surface area contributed by atoms with Gasteiger partial charge in [-0.2, -0.15) is 0 Å². The van der Waals surface area contributed by atoms with Crippen LogP contribution in [0.2, 0.25) is 0 Å². The van der Waals surface area contributed by atoms with Crippen LogP contribution in [-0.2, 0) is 0 Å². The third-order valence-corrected chi connectivity index (χ3v) is 5.41. The molecule has 0 radical (unpaired) electrons. The van der Waals surface area contributed by atoms with Crippen molar-refractivity contribution in [1.82, 2.24) is 0 Å². The Bertz CT molecular complexity index is 514. The lowest BCUT2D eigenvalue weighted by Crippen LogP contribution is -2.17. The van der Waals surface area contributed by atoms with Gasteiger partial charge in [-0.15, -0.1) is 0 Å². The van der Waals surface area contributed by atoms with Crippen LogP contribution in [0.3, 0.4) is 0 Å². The highest BCUT2D eigenvalue weighted by molar-refractivity contribution is 5.30. The van der Waals surface area contributed by atoms with E-state index in [0.717, 1.165) is 18.1 Å². The first-order chi connectivity index (χ1) is 14.1. The van der Waals surface area contributed by atoms with Crippen LogP contribution in [-0.4, -0.2) is 6.10 Å². The first-order valence-corrected chi connectivity index (χ1v) is 12.1. The second kappa shape index (κ2) is 18.3. The fourth-order valence-electron chi connectivity index (χ4n) is 3.52. The molecule has 0 aliphatic heterocycles. The summed E-state index contributed by atoms with van der Waals surface area (Å²) in [6, 6.07) is 8.70. The monoisotopic (exact) mass is 416 g/mol. The fraction of sp³-hybridized carbons (Fsp3) is 0.655. The number of benzene rings is 1. The molecular formula is C29H52O. The van der Waals surface area contributed by atoms with Gasteiger partial charge in [0.05, 0.1) is 6.10 Å². The van der Waals surface area contributed by atoms with E-state index in [9.17, 15) is 0 Å². The second-order valence-electron chi connectivity index (χ2n) is 9.39. The van der Waals surface area contributed by atoms with Gasteiger partial charge in [0, 0.05) is 0 Å². The van der Waals surface area contributed by atoms with Crippen LogP contribution < -0.4 is 4.74 Å². The van der Waals surface area contributed by atoms with E-state index in [-0.39, 0.29) is 0 Å². The predicted octanol–water partition coefficient (Wildman–Crippen LogP) is 9.98. The topological polar surface area (TPSA) is 9.23 Å². The maximum absolute atomic E-state index is 5.91. The van der Waals surface area contributed by atoms with Gasteiger partial charge in [0.15, 0.2) is 0 Å².